The van der Waals surface area contributed by atoms with E-state index in [1.165, 1.54) is 23.3 Å². The number of quaternary nitrogens is 1. The van der Waals surface area contributed by atoms with Gasteiger partial charge >= 0.3 is 0 Å². The second kappa shape index (κ2) is 5.78. The van der Waals surface area contributed by atoms with Crippen molar-refractivity contribution in [2.45, 2.75) is 25.3 Å². The number of hydrogen-bond acceptors (Lipinski definition) is 3. The number of nitrogens with one attached hydrogen (secondary N) is 1. The largest absolute Gasteiger partial charge is 0.327 e. The fourth-order valence-corrected chi connectivity index (χ4v) is 5.41. The van der Waals surface area contributed by atoms with Crippen molar-refractivity contribution < 1.29 is 14.5 Å². The van der Waals surface area contributed by atoms with Crippen LogP contribution in [-0.4, -0.2) is 36.3 Å². The zero-order chi connectivity index (χ0) is 17.0. The molecule has 5 heteroatoms. The topological polar surface area (TPSA) is 41.8 Å². The van der Waals surface area contributed by atoms with Crippen LogP contribution >= 0.6 is 11.3 Å². The maximum atomic E-state index is 12.6. The van der Waals surface area contributed by atoms with Gasteiger partial charge in [0.15, 0.2) is 0 Å². The minimum atomic E-state index is -0.129. The van der Waals surface area contributed by atoms with Gasteiger partial charge in [-0.15, -0.1) is 11.3 Å². The van der Waals surface area contributed by atoms with Gasteiger partial charge < -0.3 is 4.90 Å². The van der Waals surface area contributed by atoms with Crippen molar-refractivity contribution in [1.29, 1.82) is 0 Å². The molecule has 1 N–H and O–H groups in total. The maximum Gasteiger partial charge on any atom is 0.261 e. The molecule has 1 aromatic carbocycles. The highest BCUT2D eigenvalue weighted by Crippen LogP contribution is 2.42. The second-order valence-corrected chi connectivity index (χ2v) is 8.33. The Morgan fingerprint density at radius 3 is 2.48 bits per heavy atom. The third kappa shape index (κ3) is 2.45. The van der Waals surface area contributed by atoms with E-state index in [-0.39, 0.29) is 11.8 Å². The van der Waals surface area contributed by atoms with Crippen molar-refractivity contribution >= 4 is 23.2 Å². The average molecular weight is 353 g/mol. The summed E-state index contributed by atoms with van der Waals surface area (Å²) in [5, 5.41) is 2.22. The Hall–Kier alpha value is -1.98. The smallest absolute Gasteiger partial charge is 0.261 e. The van der Waals surface area contributed by atoms with E-state index < -0.39 is 0 Å². The monoisotopic (exact) mass is 353 g/mol. The Bertz CT molecular complexity index is 820. The van der Waals surface area contributed by atoms with Gasteiger partial charge in [0.1, 0.15) is 6.04 Å². The second-order valence-electron chi connectivity index (χ2n) is 7.33. The molecule has 0 saturated heterocycles. The van der Waals surface area contributed by atoms with Crippen molar-refractivity contribution in [2.75, 3.05) is 19.6 Å². The van der Waals surface area contributed by atoms with E-state index in [1.807, 2.05) is 23.5 Å². The Kier molecular flexibility index (Phi) is 3.54. The van der Waals surface area contributed by atoms with E-state index in [2.05, 4.69) is 11.4 Å². The van der Waals surface area contributed by atoms with Crippen molar-refractivity contribution in [3.05, 3.63) is 57.3 Å². The molecule has 1 aromatic heterocycles. The number of hydrogen-bond donors (Lipinski definition) is 1. The SMILES string of the molecule is O=C1c2ccccc2C(=O)N1CC[NH+]1CCc2sccc2[C@@H]1C1CC1. The minimum Gasteiger partial charge on any atom is -0.327 e. The Morgan fingerprint density at radius 2 is 1.80 bits per heavy atom. The van der Waals surface area contributed by atoms with Crippen LogP contribution in [0.4, 0.5) is 0 Å². The van der Waals surface area contributed by atoms with Gasteiger partial charge in [-0.05, 0) is 36.4 Å². The predicted molar refractivity (Wildman–Crippen MR) is 96.0 cm³/mol. The first-order valence-electron chi connectivity index (χ1n) is 9.10. The van der Waals surface area contributed by atoms with Crippen molar-refractivity contribution in [3.63, 3.8) is 0 Å². The van der Waals surface area contributed by atoms with Crippen molar-refractivity contribution in [3.8, 4) is 0 Å². The molecule has 1 aliphatic carbocycles. The lowest BCUT2D eigenvalue weighted by Gasteiger charge is -2.33. The number of benzene rings is 1. The molecular weight excluding hydrogens is 332 g/mol. The lowest BCUT2D eigenvalue weighted by atomic mass is 9.96. The Morgan fingerprint density at radius 1 is 1.08 bits per heavy atom. The molecule has 3 aliphatic rings. The molecule has 3 heterocycles. The van der Waals surface area contributed by atoms with Gasteiger partial charge in [-0.1, -0.05) is 12.1 Å². The summed E-state index contributed by atoms with van der Waals surface area (Å²) in [5.41, 5.74) is 2.64. The molecule has 1 fully saturated rings. The van der Waals surface area contributed by atoms with Crippen LogP contribution in [-0.2, 0) is 6.42 Å². The summed E-state index contributed by atoms with van der Waals surface area (Å²) in [6, 6.07) is 10.0. The van der Waals surface area contributed by atoms with Crippen LogP contribution in [0.2, 0.25) is 0 Å². The van der Waals surface area contributed by atoms with E-state index >= 15 is 0 Å². The van der Waals surface area contributed by atoms with Gasteiger partial charge in [-0.2, -0.15) is 0 Å². The Balaban J connectivity index is 1.34. The number of carbonyl (C=O) groups is 2. The maximum absolute atomic E-state index is 12.6. The van der Waals surface area contributed by atoms with Crippen LogP contribution < -0.4 is 4.90 Å². The van der Waals surface area contributed by atoms with E-state index in [4.69, 9.17) is 0 Å². The first-order chi connectivity index (χ1) is 12.2. The highest BCUT2D eigenvalue weighted by atomic mass is 32.1. The van der Waals surface area contributed by atoms with Crippen LogP contribution in [0.3, 0.4) is 0 Å². The van der Waals surface area contributed by atoms with Gasteiger partial charge in [0.2, 0.25) is 0 Å². The fourth-order valence-electron chi connectivity index (χ4n) is 4.48. The molecule has 5 rings (SSSR count). The number of nitrogens with zero attached hydrogens (tertiary/aromatic N) is 1. The highest BCUT2D eigenvalue weighted by molar-refractivity contribution is 7.10. The molecule has 0 spiro atoms. The number of thiophene rings is 1. The van der Waals surface area contributed by atoms with E-state index in [1.54, 1.807) is 21.9 Å². The molecule has 2 amide bonds. The zero-order valence-corrected chi connectivity index (χ0v) is 14.8. The van der Waals surface area contributed by atoms with Crippen molar-refractivity contribution in [2.24, 2.45) is 5.92 Å². The molecule has 2 aliphatic heterocycles. The predicted octanol–water partition coefficient (Wildman–Crippen LogP) is 1.94. The van der Waals surface area contributed by atoms with Crippen LogP contribution in [0.25, 0.3) is 0 Å². The van der Waals surface area contributed by atoms with Crippen LogP contribution in [0.1, 0.15) is 50.0 Å². The Labute approximate surface area is 151 Å². The van der Waals surface area contributed by atoms with Crippen LogP contribution in [0, 0.1) is 5.92 Å². The van der Waals surface area contributed by atoms with Crippen molar-refractivity contribution in [1.82, 2.24) is 4.90 Å². The fraction of sp³-hybridized carbons (Fsp3) is 0.400. The number of imide groups is 1. The molecule has 1 saturated carbocycles. The number of fused-ring (bicyclic) bond motifs is 2. The average Bonchev–Trinajstić information content (AvgIpc) is 3.31. The molecule has 2 atom stereocenters. The van der Waals surface area contributed by atoms with E-state index in [9.17, 15) is 9.59 Å². The standard InChI is InChI=1S/C20H20N2O2S/c23-19-14-3-1-2-4-15(14)20(24)22(19)11-10-21-9-7-17-16(8-12-25-17)18(21)13-5-6-13/h1-4,8,12-13,18H,5-7,9-11H2/p+1/t18-/m0/s1. The van der Waals surface area contributed by atoms with Gasteiger partial charge in [0, 0.05) is 22.8 Å². The summed E-state index contributed by atoms with van der Waals surface area (Å²) in [6.07, 6.45) is 3.75. The third-order valence-electron chi connectivity index (χ3n) is 5.86. The summed E-state index contributed by atoms with van der Waals surface area (Å²) in [4.78, 5) is 29.7. The quantitative estimate of drug-likeness (QED) is 0.854. The lowest BCUT2D eigenvalue weighted by molar-refractivity contribution is -0.935. The highest BCUT2D eigenvalue weighted by Gasteiger charge is 2.44. The summed E-state index contributed by atoms with van der Waals surface area (Å²) in [7, 11) is 0. The molecule has 2 aromatic rings. The molecule has 1 unspecified atom stereocenters. The summed E-state index contributed by atoms with van der Waals surface area (Å²) >= 11 is 1.88. The molecule has 4 nitrogen and oxygen atoms in total. The number of rotatable bonds is 4. The number of amides is 2. The van der Waals surface area contributed by atoms with E-state index in [0.717, 1.165) is 25.4 Å². The number of carbonyl (C=O) groups excluding carboxylic acids is 2. The van der Waals surface area contributed by atoms with Crippen LogP contribution in [0.5, 0.6) is 0 Å². The molecule has 0 radical (unpaired) electrons. The zero-order valence-electron chi connectivity index (χ0n) is 14.0. The normalized spacial score (nSPS) is 25.2. The first kappa shape index (κ1) is 15.3. The summed E-state index contributed by atoms with van der Waals surface area (Å²) in [6.45, 7) is 2.48. The molecule has 25 heavy (non-hydrogen) atoms. The minimum absolute atomic E-state index is 0.129. The molecule has 0 bridgehead atoms. The third-order valence-corrected chi connectivity index (χ3v) is 6.85. The van der Waals surface area contributed by atoms with Gasteiger partial charge in [-0.3, -0.25) is 14.5 Å². The lowest BCUT2D eigenvalue weighted by Crippen LogP contribution is -3.14. The van der Waals surface area contributed by atoms with Crippen LogP contribution in [0.15, 0.2) is 35.7 Å². The summed E-state index contributed by atoms with van der Waals surface area (Å²) < 4.78 is 0. The molecular formula is C20H21N2O2S+. The van der Waals surface area contributed by atoms with Gasteiger partial charge in [-0.25, -0.2) is 0 Å². The van der Waals surface area contributed by atoms with Gasteiger partial charge in [0.25, 0.3) is 11.8 Å². The van der Waals surface area contributed by atoms with Gasteiger partial charge in [0.05, 0.1) is 30.8 Å². The molecule has 128 valence electrons. The van der Waals surface area contributed by atoms with E-state index in [0.29, 0.717) is 23.7 Å². The first-order valence-corrected chi connectivity index (χ1v) is 9.98. The summed E-state index contributed by atoms with van der Waals surface area (Å²) in [5.74, 6) is 0.526.